The maximum absolute atomic E-state index is 6.00. The van der Waals surface area contributed by atoms with Crippen LogP contribution in [0.25, 0.3) is 0 Å². The number of hydrogen-bond acceptors (Lipinski definition) is 2. The largest absolute Gasteiger partial charge is 0.327 e. The first-order valence-corrected chi connectivity index (χ1v) is 5.31. The van der Waals surface area contributed by atoms with Crippen LogP contribution in [-0.4, -0.2) is 11.0 Å². The minimum absolute atomic E-state index is 0.190. The fraction of sp³-hybridized carbons (Fsp3) is 0.545. The molecule has 1 unspecified atom stereocenters. The van der Waals surface area contributed by atoms with Gasteiger partial charge >= 0.3 is 0 Å². The van der Waals surface area contributed by atoms with Gasteiger partial charge in [-0.3, -0.25) is 4.98 Å². The highest BCUT2D eigenvalue weighted by molar-refractivity contribution is 6.31. The van der Waals surface area contributed by atoms with Crippen molar-refractivity contribution < 1.29 is 0 Å². The summed E-state index contributed by atoms with van der Waals surface area (Å²) in [5, 5.41) is 0.715. The lowest BCUT2D eigenvalue weighted by Gasteiger charge is -2.14. The van der Waals surface area contributed by atoms with Crippen molar-refractivity contribution in [3.63, 3.8) is 0 Å². The van der Waals surface area contributed by atoms with Crippen molar-refractivity contribution in [1.82, 2.24) is 4.98 Å². The van der Waals surface area contributed by atoms with Crippen molar-refractivity contribution in [2.24, 2.45) is 11.7 Å². The van der Waals surface area contributed by atoms with Crippen molar-refractivity contribution in [1.29, 1.82) is 0 Å². The van der Waals surface area contributed by atoms with Gasteiger partial charge in [-0.15, -0.1) is 0 Å². The number of hydrogen-bond donors (Lipinski definition) is 1. The minimum Gasteiger partial charge on any atom is -0.327 e. The molecule has 1 rings (SSSR count). The van der Waals surface area contributed by atoms with Crippen molar-refractivity contribution in [2.45, 2.75) is 32.7 Å². The average molecular weight is 213 g/mol. The molecule has 0 aliphatic carbocycles. The lowest BCUT2D eigenvalue weighted by atomic mass is 9.99. The van der Waals surface area contributed by atoms with E-state index in [1.54, 1.807) is 12.4 Å². The van der Waals surface area contributed by atoms with E-state index in [2.05, 4.69) is 18.8 Å². The van der Waals surface area contributed by atoms with Crippen LogP contribution in [0.1, 0.15) is 25.8 Å². The number of rotatable bonds is 4. The molecule has 0 aromatic carbocycles. The summed E-state index contributed by atoms with van der Waals surface area (Å²) < 4.78 is 0. The fourth-order valence-corrected chi connectivity index (χ4v) is 1.74. The van der Waals surface area contributed by atoms with E-state index in [9.17, 15) is 0 Å². The third-order valence-corrected chi connectivity index (χ3v) is 2.45. The van der Waals surface area contributed by atoms with E-state index >= 15 is 0 Å². The Morgan fingerprint density at radius 1 is 1.50 bits per heavy atom. The van der Waals surface area contributed by atoms with Crippen LogP contribution >= 0.6 is 11.6 Å². The second-order valence-corrected chi connectivity index (χ2v) is 4.47. The molecular formula is C11H17ClN2. The highest BCUT2D eigenvalue weighted by Crippen LogP contribution is 2.16. The van der Waals surface area contributed by atoms with E-state index in [0.717, 1.165) is 18.4 Å². The molecule has 1 aromatic heterocycles. The molecule has 0 aliphatic heterocycles. The van der Waals surface area contributed by atoms with Gasteiger partial charge in [0.05, 0.1) is 5.02 Å². The van der Waals surface area contributed by atoms with E-state index in [4.69, 9.17) is 17.3 Å². The molecule has 1 aromatic rings. The normalized spacial score (nSPS) is 13.2. The zero-order valence-corrected chi connectivity index (χ0v) is 9.46. The van der Waals surface area contributed by atoms with Gasteiger partial charge in [-0.05, 0) is 30.4 Å². The molecule has 0 saturated carbocycles. The first-order valence-electron chi connectivity index (χ1n) is 4.93. The second-order valence-electron chi connectivity index (χ2n) is 4.06. The summed E-state index contributed by atoms with van der Waals surface area (Å²) in [4.78, 5) is 3.94. The van der Waals surface area contributed by atoms with Crippen molar-refractivity contribution in [2.75, 3.05) is 0 Å². The van der Waals surface area contributed by atoms with E-state index in [1.807, 2.05) is 6.07 Å². The van der Waals surface area contributed by atoms with E-state index < -0.39 is 0 Å². The summed E-state index contributed by atoms with van der Waals surface area (Å²) in [6, 6.07) is 2.12. The Kier molecular flexibility index (Phi) is 4.36. The third kappa shape index (κ3) is 3.64. The summed E-state index contributed by atoms with van der Waals surface area (Å²) in [7, 11) is 0. The monoisotopic (exact) mass is 212 g/mol. The summed E-state index contributed by atoms with van der Waals surface area (Å²) in [6.45, 7) is 4.35. The number of nitrogens with two attached hydrogens (primary N) is 1. The number of halogens is 1. The molecule has 78 valence electrons. The van der Waals surface area contributed by atoms with Crippen molar-refractivity contribution in [3.8, 4) is 0 Å². The van der Waals surface area contributed by atoms with E-state index in [0.29, 0.717) is 10.9 Å². The van der Waals surface area contributed by atoms with Gasteiger partial charge in [0, 0.05) is 18.4 Å². The molecule has 3 heteroatoms. The molecule has 0 bridgehead atoms. The number of nitrogens with zero attached hydrogens (tertiary/aromatic N) is 1. The summed E-state index contributed by atoms with van der Waals surface area (Å²) in [6.07, 6.45) is 5.28. The van der Waals surface area contributed by atoms with Gasteiger partial charge in [0.2, 0.25) is 0 Å². The highest BCUT2D eigenvalue weighted by Gasteiger charge is 2.08. The molecule has 1 heterocycles. The predicted octanol–water partition coefficient (Wildman–Crippen LogP) is 2.65. The van der Waals surface area contributed by atoms with Gasteiger partial charge in [0.1, 0.15) is 0 Å². The zero-order chi connectivity index (χ0) is 10.6. The van der Waals surface area contributed by atoms with Gasteiger partial charge < -0.3 is 5.73 Å². The molecule has 1 atom stereocenters. The first-order chi connectivity index (χ1) is 6.59. The van der Waals surface area contributed by atoms with Crippen LogP contribution in [0.3, 0.4) is 0 Å². The van der Waals surface area contributed by atoms with Crippen LogP contribution in [0.2, 0.25) is 5.02 Å². The molecule has 0 saturated heterocycles. The Labute approximate surface area is 90.5 Å². The van der Waals surface area contributed by atoms with Crippen LogP contribution < -0.4 is 5.73 Å². The molecule has 0 aliphatic rings. The Balaban J connectivity index is 2.56. The maximum atomic E-state index is 6.00. The second kappa shape index (κ2) is 5.32. The van der Waals surface area contributed by atoms with Crippen LogP contribution in [-0.2, 0) is 6.42 Å². The predicted molar refractivity (Wildman–Crippen MR) is 60.4 cm³/mol. The molecular weight excluding hydrogens is 196 g/mol. The fourth-order valence-electron chi connectivity index (χ4n) is 1.54. The Hall–Kier alpha value is -0.600. The zero-order valence-electron chi connectivity index (χ0n) is 8.70. The topological polar surface area (TPSA) is 38.9 Å². The number of pyridine rings is 1. The smallest absolute Gasteiger partial charge is 0.0621 e. The minimum atomic E-state index is 0.190. The Morgan fingerprint density at radius 3 is 2.79 bits per heavy atom. The van der Waals surface area contributed by atoms with Gasteiger partial charge in [0.25, 0.3) is 0 Å². The average Bonchev–Trinajstić information content (AvgIpc) is 2.07. The SMILES string of the molecule is CC(C)CC(N)Cc1ccncc1Cl. The summed E-state index contributed by atoms with van der Waals surface area (Å²) in [5.41, 5.74) is 7.09. The molecule has 0 amide bonds. The third-order valence-electron chi connectivity index (χ3n) is 2.11. The van der Waals surface area contributed by atoms with Crippen molar-refractivity contribution in [3.05, 3.63) is 29.0 Å². The van der Waals surface area contributed by atoms with Gasteiger partial charge in [-0.25, -0.2) is 0 Å². The first kappa shape index (κ1) is 11.5. The van der Waals surface area contributed by atoms with Crippen LogP contribution in [0.4, 0.5) is 0 Å². The lowest BCUT2D eigenvalue weighted by Crippen LogP contribution is -2.24. The highest BCUT2D eigenvalue weighted by atomic mass is 35.5. The molecule has 0 spiro atoms. The lowest BCUT2D eigenvalue weighted by molar-refractivity contribution is 0.493. The maximum Gasteiger partial charge on any atom is 0.0621 e. The molecule has 0 radical (unpaired) electrons. The van der Waals surface area contributed by atoms with Crippen LogP contribution in [0, 0.1) is 5.92 Å². The van der Waals surface area contributed by atoms with Crippen LogP contribution in [0.5, 0.6) is 0 Å². The molecule has 14 heavy (non-hydrogen) atoms. The van der Waals surface area contributed by atoms with E-state index in [-0.39, 0.29) is 6.04 Å². The molecule has 2 N–H and O–H groups in total. The summed E-state index contributed by atoms with van der Waals surface area (Å²) >= 11 is 5.99. The van der Waals surface area contributed by atoms with E-state index in [1.165, 1.54) is 0 Å². The number of aromatic nitrogens is 1. The summed E-state index contributed by atoms with van der Waals surface area (Å²) in [5.74, 6) is 0.630. The molecule has 0 fully saturated rings. The quantitative estimate of drug-likeness (QED) is 0.834. The van der Waals surface area contributed by atoms with Gasteiger partial charge in [-0.1, -0.05) is 25.4 Å². The molecule has 2 nitrogen and oxygen atoms in total. The Bertz CT molecular complexity index is 286. The van der Waals surface area contributed by atoms with Crippen molar-refractivity contribution >= 4 is 11.6 Å². The standard InChI is InChI=1S/C11H17ClN2/c1-8(2)5-10(13)6-9-3-4-14-7-11(9)12/h3-4,7-8,10H,5-6,13H2,1-2H3. The van der Waals surface area contributed by atoms with Crippen LogP contribution in [0.15, 0.2) is 18.5 Å². The van der Waals surface area contributed by atoms with Gasteiger partial charge in [-0.2, -0.15) is 0 Å². The van der Waals surface area contributed by atoms with Gasteiger partial charge in [0.15, 0.2) is 0 Å². The Morgan fingerprint density at radius 2 is 2.21 bits per heavy atom.